The molecule has 2 N–H and O–H groups in total. The van der Waals surface area contributed by atoms with Gasteiger partial charge in [0, 0.05) is 46.2 Å². The molecule has 0 saturated carbocycles. The summed E-state index contributed by atoms with van der Waals surface area (Å²) >= 11 is 0. The molecule has 3 aromatic heterocycles. The molecule has 0 atom stereocenters. The minimum atomic E-state index is -4.83. The Morgan fingerprint density at radius 1 is 0.875 bits per heavy atom. The van der Waals surface area contributed by atoms with Crippen LogP contribution < -0.4 is 0 Å². The number of aromatic nitrogens is 3. The molecule has 0 unspecified atom stereocenters. The maximum absolute atomic E-state index is 14.3. The predicted octanol–water partition coefficient (Wildman–Crippen LogP) is 7.35. The number of H-pyrrole nitrogens is 2. The molecular weight excluding hydrogens is 539 g/mol. The van der Waals surface area contributed by atoms with Crippen LogP contribution in [0.2, 0.25) is 0 Å². The van der Waals surface area contributed by atoms with Crippen LogP contribution in [0.4, 0.5) is 13.2 Å². The SMILES string of the molecule is Cc1ccc(S(=O)(=O)c2c(-c3ccc(C=O)c(C(F)(F)F)c3)cnc3[nH]cc(-c4ccc5[nH]ccc5c4)c23)cc1. The Kier molecular flexibility index (Phi) is 5.88. The first-order valence-corrected chi connectivity index (χ1v) is 13.6. The highest BCUT2D eigenvalue weighted by molar-refractivity contribution is 7.92. The third-order valence-electron chi connectivity index (χ3n) is 6.91. The largest absolute Gasteiger partial charge is 0.417 e. The molecule has 0 aliphatic heterocycles. The number of rotatable bonds is 5. The van der Waals surface area contributed by atoms with Gasteiger partial charge in [0.15, 0.2) is 6.29 Å². The topological polar surface area (TPSA) is 95.7 Å². The van der Waals surface area contributed by atoms with E-state index in [9.17, 15) is 26.4 Å². The standard InChI is InChI=1S/C30H20F3N3O3S/c1-17-2-7-22(8-3-17)40(38,39)28-24(19-4-5-21(16-37)25(13-19)30(31,32)33)15-36-29-27(28)23(14-35-29)18-6-9-26-20(12-18)10-11-34-26/h2-16,34H,1H3,(H,35,36). The van der Waals surface area contributed by atoms with Crippen molar-refractivity contribution in [1.82, 2.24) is 15.0 Å². The Morgan fingerprint density at radius 2 is 1.60 bits per heavy atom. The summed E-state index contributed by atoms with van der Waals surface area (Å²) in [5.41, 5.74) is 1.47. The number of aryl methyl sites for hydroxylation is 1. The van der Waals surface area contributed by atoms with E-state index in [0.717, 1.165) is 28.6 Å². The van der Waals surface area contributed by atoms with Crippen LogP contribution in [0.1, 0.15) is 21.5 Å². The molecule has 0 aliphatic carbocycles. The number of sulfone groups is 1. The summed E-state index contributed by atoms with van der Waals surface area (Å²) in [5.74, 6) is 0. The second kappa shape index (κ2) is 9.20. The van der Waals surface area contributed by atoms with E-state index < -0.39 is 27.1 Å². The molecule has 10 heteroatoms. The lowest BCUT2D eigenvalue weighted by Gasteiger charge is -2.16. The number of aldehydes is 1. The number of hydrogen-bond donors (Lipinski definition) is 2. The number of pyridine rings is 1. The zero-order chi connectivity index (χ0) is 28.2. The van der Waals surface area contributed by atoms with E-state index in [1.807, 2.05) is 31.2 Å². The molecule has 0 spiro atoms. The normalized spacial score (nSPS) is 12.3. The number of carbonyl (C=O) groups is 1. The zero-order valence-electron chi connectivity index (χ0n) is 20.9. The molecule has 6 rings (SSSR count). The molecule has 200 valence electrons. The molecule has 6 aromatic rings. The third-order valence-corrected chi connectivity index (χ3v) is 8.77. The first-order chi connectivity index (χ1) is 19.1. The second-order valence-electron chi connectivity index (χ2n) is 9.44. The Balaban J connectivity index is 1.70. The van der Waals surface area contributed by atoms with Gasteiger partial charge >= 0.3 is 6.18 Å². The zero-order valence-corrected chi connectivity index (χ0v) is 21.7. The minimum absolute atomic E-state index is 0.0133. The van der Waals surface area contributed by atoms with Crippen LogP contribution in [0.5, 0.6) is 0 Å². The van der Waals surface area contributed by atoms with Crippen molar-refractivity contribution in [2.24, 2.45) is 0 Å². The van der Waals surface area contributed by atoms with Gasteiger partial charge in [0.25, 0.3) is 0 Å². The number of aromatic amines is 2. The van der Waals surface area contributed by atoms with E-state index in [0.29, 0.717) is 11.1 Å². The highest BCUT2D eigenvalue weighted by Gasteiger charge is 2.35. The fraction of sp³-hybridized carbons (Fsp3) is 0.0667. The third kappa shape index (κ3) is 4.17. The molecule has 3 aromatic carbocycles. The molecular formula is C30H20F3N3O3S. The average Bonchev–Trinajstić information content (AvgIpc) is 3.58. The number of carbonyl (C=O) groups excluding carboxylic acids is 1. The predicted molar refractivity (Wildman–Crippen MR) is 146 cm³/mol. The van der Waals surface area contributed by atoms with E-state index in [1.165, 1.54) is 24.4 Å². The molecule has 0 radical (unpaired) electrons. The summed E-state index contributed by atoms with van der Waals surface area (Å²) in [6.45, 7) is 1.82. The molecule has 3 heterocycles. The van der Waals surface area contributed by atoms with Crippen molar-refractivity contribution >= 4 is 38.1 Å². The van der Waals surface area contributed by atoms with Crippen molar-refractivity contribution in [3.8, 4) is 22.3 Å². The van der Waals surface area contributed by atoms with Gasteiger partial charge in [-0.3, -0.25) is 4.79 Å². The summed E-state index contributed by atoms with van der Waals surface area (Å²) < 4.78 is 70.1. The van der Waals surface area contributed by atoms with Crippen molar-refractivity contribution in [2.45, 2.75) is 22.9 Å². The Hall–Kier alpha value is -4.70. The molecule has 0 saturated heterocycles. The van der Waals surface area contributed by atoms with Crippen molar-refractivity contribution in [1.29, 1.82) is 0 Å². The molecule has 0 fully saturated rings. The monoisotopic (exact) mass is 559 g/mol. The van der Waals surface area contributed by atoms with Gasteiger partial charge in [-0.05, 0) is 59.8 Å². The highest BCUT2D eigenvalue weighted by atomic mass is 32.2. The highest BCUT2D eigenvalue weighted by Crippen LogP contribution is 2.42. The fourth-order valence-electron chi connectivity index (χ4n) is 4.91. The lowest BCUT2D eigenvalue weighted by Crippen LogP contribution is -2.10. The maximum atomic E-state index is 14.3. The van der Waals surface area contributed by atoms with Crippen molar-refractivity contribution in [3.05, 3.63) is 102 Å². The van der Waals surface area contributed by atoms with Crippen LogP contribution in [0.25, 0.3) is 44.2 Å². The maximum Gasteiger partial charge on any atom is 0.417 e. The first kappa shape index (κ1) is 25.6. The number of nitrogens with zero attached hydrogens (tertiary/aromatic N) is 1. The second-order valence-corrected chi connectivity index (χ2v) is 11.3. The number of benzene rings is 3. The molecule has 6 nitrogen and oxygen atoms in total. The number of halogens is 3. The lowest BCUT2D eigenvalue weighted by atomic mass is 9.98. The Bertz CT molecular complexity index is 2040. The van der Waals surface area contributed by atoms with Gasteiger partial charge in [0.2, 0.25) is 9.84 Å². The van der Waals surface area contributed by atoms with Crippen LogP contribution in [-0.4, -0.2) is 29.7 Å². The summed E-state index contributed by atoms with van der Waals surface area (Å²) in [4.78, 5) is 21.7. The molecule has 40 heavy (non-hydrogen) atoms. The van der Waals surface area contributed by atoms with E-state index >= 15 is 0 Å². The summed E-state index contributed by atoms with van der Waals surface area (Å²) in [6.07, 6.45) is -0.0303. The van der Waals surface area contributed by atoms with Gasteiger partial charge < -0.3 is 9.97 Å². The van der Waals surface area contributed by atoms with Crippen LogP contribution >= 0.6 is 0 Å². The van der Waals surface area contributed by atoms with Gasteiger partial charge in [-0.2, -0.15) is 13.2 Å². The minimum Gasteiger partial charge on any atom is -0.361 e. The van der Waals surface area contributed by atoms with Gasteiger partial charge in [-0.25, -0.2) is 13.4 Å². The van der Waals surface area contributed by atoms with E-state index in [4.69, 9.17) is 0 Å². The fourth-order valence-corrected chi connectivity index (χ4v) is 6.57. The van der Waals surface area contributed by atoms with Gasteiger partial charge in [0.05, 0.1) is 15.4 Å². The quantitative estimate of drug-likeness (QED) is 0.216. The van der Waals surface area contributed by atoms with Gasteiger partial charge in [-0.1, -0.05) is 35.9 Å². The van der Waals surface area contributed by atoms with Crippen LogP contribution in [0, 0.1) is 6.92 Å². The Labute approximate surface area is 226 Å². The number of nitrogens with one attached hydrogen (secondary N) is 2. The average molecular weight is 560 g/mol. The lowest BCUT2D eigenvalue weighted by molar-refractivity contribution is -0.137. The van der Waals surface area contributed by atoms with Crippen LogP contribution in [0.3, 0.4) is 0 Å². The smallest absolute Gasteiger partial charge is 0.361 e. The number of alkyl halides is 3. The summed E-state index contributed by atoms with van der Waals surface area (Å²) in [7, 11) is -4.27. The Morgan fingerprint density at radius 3 is 2.33 bits per heavy atom. The van der Waals surface area contributed by atoms with Crippen molar-refractivity contribution in [3.63, 3.8) is 0 Å². The summed E-state index contributed by atoms with van der Waals surface area (Å²) in [6, 6.07) is 16.8. The number of fused-ring (bicyclic) bond motifs is 2. The van der Waals surface area contributed by atoms with Crippen molar-refractivity contribution in [2.75, 3.05) is 0 Å². The van der Waals surface area contributed by atoms with Crippen LogP contribution in [0.15, 0.2) is 95.1 Å². The van der Waals surface area contributed by atoms with Crippen LogP contribution in [-0.2, 0) is 16.0 Å². The number of hydrogen-bond acceptors (Lipinski definition) is 4. The first-order valence-electron chi connectivity index (χ1n) is 12.1. The van der Waals surface area contributed by atoms with E-state index in [2.05, 4.69) is 15.0 Å². The van der Waals surface area contributed by atoms with Crippen molar-refractivity contribution < 1.29 is 26.4 Å². The van der Waals surface area contributed by atoms with E-state index in [1.54, 1.807) is 24.5 Å². The van der Waals surface area contributed by atoms with E-state index in [-0.39, 0.29) is 38.2 Å². The van der Waals surface area contributed by atoms with Gasteiger partial charge in [-0.15, -0.1) is 0 Å². The van der Waals surface area contributed by atoms with Gasteiger partial charge in [0.1, 0.15) is 5.65 Å². The summed E-state index contributed by atoms with van der Waals surface area (Å²) in [5, 5.41) is 1.15. The molecule has 0 amide bonds. The molecule has 0 aliphatic rings. The molecule has 0 bridgehead atoms.